The van der Waals surface area contributed by atoms with Crippen molar-refractivity contribution in [1.82, 2.24) is 4.90 Å². The molecule has 2 saturated heterocycles. The second-order valence-electron chi connectivity index (χ2n) is 5.67. The summed E-state index contributed by atoms with van der Waals surface area (Å²) in [5.41, 5.74) is -0.0666. The number of amides is 1. The predicted molar refractivity (Wildman–Crippen MR) is 75.5 cm³/mol. The van der Waals surface area contributed by atoms with Gasteiger partial charge in [-0.05, 0) is 19.3 Å². The van der Waals surface area contributed by atoms with Crippen LogP contribution in [0.25, 0.3) is 0 Å². The predicted octanol–water partition coefficient (Wildman–Crippen LogP) is 1.23. The molecule has 0 bridgehead atoms. The summed E-state index contributed by atoms with van der Waals surface area (Å²) in [6.45, 7) is 7.26. The van der Waals surface area contributed by atoms with Gasteiger partial charge in [0.2, 0.25) is 5.91 Å². The number of likely N-dealkylation sites (tertiary alicyclic amines) is 1. The molecule has 0 aliphatic carbocycles. The average Bonchev–Trinajstić information content (AvgIpc) is 2.47. The molecule has 2 aliphatic heterocycles. The Labute approximate surface area is 120 Å². The molecule has 2 fully saturated rings. The summed E-state index contributed by atoms with van der Waals surface area (Å²) in [5.74, 6) is 0.0552. The maximum absolute atomic E-state index is 12.0. The Balaban J connectivity index is 2.03. The molecule has 0 unspecified atom stereocenters. The summed E-state index contributed by atoms with van der Waals surface area (Å²) in [6.07, 6.45) is 4.91. The Morgan fingerprint density at radius 1 is 1.60 bits per heavy atom. The van der Waals surface area contributed by atoms with Gasteiger partial charge in [-0.1, -0.05) is 6.08 Å². The van der Waals surface area contributed by atoms with Crippen LogP contribution >= 0.6 is 0 Å². The van der Waals surface area contributed by atoms with E-state index in [2.05, 4.69) is 6.58 Å². The van der Waals surface area contributed by atoms with Crippen LogP contribution in [0.3, 0.4) is 0 Å². The van der Waals surface area contributed by atoms with Crippen molar-refractivity contribution in [3.05, 3.63) is 12.7 Å². The van der Waals surface area contributed by atoms with Crippen LogP contribution in [0.5, 0.6) is 0 Å². The molecule has 5 nitrogen and oxygen atoms in total. The molecule has 114 valence electrons. The van der Waals surface area contributed by atoms with Crippen LogP contribution in [0, 0.1) is 5.41 Å². The van der Waals surface area contributed by atoms with Crippen molar-refractivity contribution in [2.24, 2.45) is 5.41 Å². The first kappa shape index (κ1) is 15.5. The monoisotopic (exact) mass is 283 g/mol. The first-order valence-electron chi connectivity index (χ1n) is 7.29. The maximum atomic E-state index is 12.0. The summed E-state index contributed by atoms with van der Waals surface area (Å²) in [5, 5.41) is 0. The summed E-state index contributed by atoms with van der Waals surface area (Å²) in [7, 11) is 1.55. The molecular weight excluding hydrogens is 258 g/mol. The number of hydrogen-bond donors (Lipinski definition) is 0. The Bertz CT molecular complexity index is 347. The SMILES string of the molecule is C=CCOC[C@@]12CCCO[C@@H]1CCN(C(=O)COC)C2. The van der Waals surface area contributed by atoms with Crippen molar-refractivity contribution in [2.45, 2.75) is 25.4 Å². The van der Waals surface area contributed by atoms with Crippen LogP contribution in [0.1, 0.15) is 19.3 Å². The zero-order valence-electron chi connectivity index (χ0n) is 12.3. The lowest BCUT2D eigenvalue weighted by atomic mass is 9.73. The lowest BCUT2D eigenvalue weighted by Gasteiger charge is -2.50. The zero-order valence-corrected chi connectivity index (χ0v) is 12.3. The van der Waals surface area contributed by atoms with Crippen molar-refractivity contribution in [3.63, 3.8) is 0 Å². The van der Waals surface area contributed by atoms with Gasteiger partial charge in [0.15, 0.2) is 0 Å². The Hall–Kier alpha value is -0.910. The fraction of sp³-hybridized carbons (Fsp3) is 0.800. The van der Waals surface area contributed by atoms with E-state index in [1.165, 1.54) is 0 Å². The molecule has 0 aromatic heterocycles. The molecular formula is C15H25NO4. The molecule has 0 aromatic rings. The number of fused-ring (bicyclic) bond motifs is 1. The van der Waals surface area contributed by atoms with Gasteiger partial charge in [0.05, 0.1) is 19.3 Å². The highest BCUT2D eigenvalue weighted by Crippen LogP contribution is 2.40. The number of ether oxygens (including phenoxy) is 3. The Morgan fingerprint density at radius 3 is 3.20 bits per heavy atom. The third-order valence-corrected chi connectivity index (χ3v) is 4.23. The number of rotatable bonds is 6. The highest BCUT2D eigenvalue weighted by atomic mass is 16.5. The van der Waals surface area contributed by atoms with Crippen LogP contribution in [0.4, 0.5) is 0 Å². The van der Waals surface area contributed by atoms with E-state index in [1.54, 1.807) is 13.2 Å². The quantitative estimate of drug-likeness (QED) is 0.543. The standard InChI is InChI=1S/C15H25NO4/c1-3-8-19-12-15-6-4-9-20-13(15)5-7-16(11-15)14(17)10-18-2/h3,13H,1,4-12H2,2H3/t13-,15+/m1/s1. The van der Waals surface area contributed by atoms with Gasteiger partial charge in [0.25, 0.3) is 0 Å². The number of carbonyl (C=O) groups is 1. The number of methoxy groups -OCH3 is 1. The molecule has 2 atom stereocenters. The Morgan fingerprint density at radius 2 is 2.45 bits per heavy atom. The lowest BCUT2D eigenvalue weighted by molar-refractivity contribution is -0.165. The van der Waals surface area contributed by atoms with Crippen molar-refractivity contribution in [2.75, 3.05) is 46.6 Å². The lowest BCUT2D eigenvalue weighted by Crippen LogP contribution is -2.58. The highest BCUT2D eigenvalue weighted by Gasteiger charge is 2.47. The molecule has 2 rings (SSSR count). The first-order valence-corrected chi connectivity index (χ1v) is 7.29. The second kappa shape index (κ2) is 7.20. The summed E-state index contributed by atoms with van der Waals surface area (Å²) < 4.78 is 16.6. The number of carbonyl (C=O) groups excluding carboxylic acids is 1. The van der Waals surface area contributed by atoms with E-state index in [-0.39, 0.29) is 24.0 Å². The Kier molecular flexibility index (Phi) is 5.57. The number of hydrogen-bond acceptors (Lipinski definition) is 4. The van der Waals surface area contributed by atoms with Gasteiger partial charge in [-0.25, -0.2) is 0 Å². The van der Waals surface area contributed by atoms with E-state index in [0.717, 1.165) is 32.4 Å². The average molecular weight is 283 g/mol. The van der Waals surface area contributed by atoms with Gasteiger partial charge in [-0.3, -0.25) is 4.79 Å². The third-order valence-electron chi connectivity index (χ3n) is 4.23. The van der Waals surface area contributed by atoms with Gasteiger partial charge >= 0.3 is 0 Å². The minimum atomic E-state index is -0.0666. The van der Waals surface area contributed by atoms with Crippen molar-refractivity contribution in [1.29, 1.82) is 0 Å². The molecule has 0 saturated carbocycles. The van der Waals surface area contributed by atoms with Crippen LogP contribution in [0.15, 0.2) is 12.7 Å². The molecule has 5 heteroatoms. The minimum absolute atomic E-state index is 0.0552. The molecule has 2 heterocycles. The van der Waals surface area contributed by atoms with E-state index in [4.69, 9.17) is 14.2 Å². The third kappa shape index (κ3) is 3.40. The summed E-state index contributed by atoms with van der Waals surface area (Å²) in [6, 6.07) is 0. The van der Waals surface area contributed by atoms with Crippen molar-refractivity contribution >= 4 is 5.91 Å². The van der Waals surface area contributed by atoms with Gasteiger partial charge in [0, 0.05) is 32.2 Å². The topological polar surface area (TPSA) is 48.0 Å². The molecule has 0 spiro atoms. The highest BCUT2D eigenvalue weighted by molar-refractivity contribution is 5.77. The minimum Gasteiger partial charge on any atom is -0.377 e. The fourth-order valence-corrected chi connectivity index (χ4v) is 3.27. The van der Waals surface area contributed by atoms with Gasteiger partial charge in [0.1, 0.15) is 6.61 Å². The molecule has 0 radical (unpaired) electrons. The molecule has 20 heavy (non-hydrogen) atoms. The van der Waals surface area contributed by atoms with Crippen LogP contribution in [0.2, 0.25) is 0 Å². The molecule has 1 amide bonds. The van der Waals surface area contributed by atoms with Crippen molar-refractivity contribution in [3.8, 4) is 0 Å². The van der Waals surface area contributed by atoms with Crippen molar-refractivity contribution < 1.29 is 19.0 Å². The second-order valence-corrected chi connectivity index (χ2v) is 5.67. The van der Waals surface area contributed by atoms with E-state index >= 15 is 0 Å². The number of piperidine rings is 1. The first-order chi connectivity index (χ1) is 9.72. The summed E-state index contributed by atoms with van der Waals surface area (Å²) in [4.78, 5) is 13.9. The van der Waals surface area contributed by atoms with Crippen LogP contribution in [-0.4, -0.2) is 63.5 Å². The van der Waals surface area contributed by atoms with E-state index in [0.29, 0.717) is 19.8 Å². The van der Waals surface area contributed by atoms with E-state index < -0.39 is 0 Å². The molecule has 2 aliphatic rings. The maximum Gasteiger partial charge on any atom is 0.248 e. The molecule has 0 N–H and O–H groups in total. The van der Waals surface area contributed by atoms with Gasteiger partial charge < -0.3 is 19.1 Å². The van der Waals surface area contributed by atoms with Crippen LogP contribution in [-0.2, 0) is 19.0 Å². The van der Waals surface area contributed by atoms with Crippen LogP contribution < -0.4 is 0 Å². The largest absolute Gasteiger partial charge is 0.377 e. The number of nitrogens with zero attached hydrogens (tertiary/aromatic N) is 1. The van der Waals surface area contributed by atoms with Gasteiger partial charge in [-0.15, -0.1) is 6.58 Å². The fourth-order valence-electron chi connectivity index (χ4n) is 3.27. The smallest absolute Gasteiger partial charge is 0.248 e. The van der Waals surface area contributed by atoms with E-state index in [1.807, 2.05) is 4.90 Å². The molecule has 0 aromatic carbocycles. The van der Waals surface area contributed by atoms with Gasteiger partial charge in [-0.2, -0.15) is 0 Å². The normalized spacial score (nSPS) is 29.9. The summed E-state index contributed by atoms with van der Waals surface area (Å²) >= 11 is 0. The van der Waals surface area contributed by atoms with E-state index in [9.17, 15) is 4.79 Å². The zero-order chi connectivity index (χ0) is 14.4.